The Bertz CT molecular complexity index is 355. The Morgan fingerprint density at radius 3 is 2.94 bits per heavy atom. The highest BCUT2D eigenvalue weighted by Gasteiger charge is 2.15. The lowest BCUT2D eigenvalue weighted by molar-refractivity contribution is 0.511. The summed E-state index contributed by atoms with van der Waals surface area (Å²) in [6, 6.07) is 4.73. The molecule has 1 aromatic carbocycles. The Kier molecular flexibility index (Phi) is 5.46. The second kappa shape index (κ2) is 6.63. The summed E-state index contributed by atoms with van der Waals surface area (Å²) in [5.41, 5.74) is 6.12. The monoisotopic (exact) mass is 242 g/mol. The fourth-order valence-electron chi connectivity index (χ4n) is 1.47. The number of nitrogens with two attached hydrogens (primary N) is 1. The zero-order valence-corrected chi connectivity index (χ0v) is 9.80. The number of nitrogens with one attached hydrogen (secondary N) is 1. The summed E-state index contributed by atoms with van der Waals surface area (Å²) in [5, 5.41) is 3.29. The average molecular weight is 243 g/mol. The van der Waals surface area contributed by atoms with Gasteiger partial charge in [0.1, 0.15) is 5.82 Å². The van der Waals surface area contributed by atoms with Gasteiger partial charge >= 0.3 is 0 Å². The van der Waals surface area contributed by atoms with Crippen LogP contribution in [0.3, 0.4) is 0 Å². The molecule has 0 saturated heterocycles. The van der Waals surface area contributed by atoms with Crippen LogP contribution in [0.4, 0.5) is 4.39 Å². The molecule has 1 atom stereocenters. The van der Waals surface area contributed by atoms with Crippen LogP contribution in [0.5, 0.6) is 0 Å². The Labute approximate surface area is 100 Å². The molecular formula is C12H16ClFN2. The lowest BCUT2D eigenvalue weighted by Crippen LogP contribution is -2.29. The minimum atomic E-state index is -0.397. The van der Waals surface area contributed by atoms with E-state index in [9.17, 15) is 4.39 Å². The van der Waals surface area contributed by atoms with E-state index in [-0.39, 0.29) is 11.1 Å². The van der Waals surface area contributed by atoms with Crippen LogP contribution in [-0.2, 0) is 0 Å². The van der Waals surface area contributed by atoms with Crippen LogP contribution in [0.15, 0.2) is 30.9 Å². The molecule has 0 aliphatic heterocycles. The van der Waals surface area contributed by atoms with Crippen LogP contribution in [-0.4, -0.2) is 13.1 Å². The van der Waals surface area contributed by atoms with E-state index >= 15 is 0 Å². The molecule has 0 radical (unpaired) electrons. The predicted molar refractivity (Wildman–Crippen MR) is 66.0 cm³/mol. The van der Waals surface area contributed by atoms with E-state index in [0.29, 0.717) is 12.1 Å². The van der Waals surface area contributed by atoms with Gasteiger partial charge in [0.2, 0.25) is 0 Å². The fourth-order valence-corrected chi connectivity index (χ4v) is 1.65. The first kappa shape index (κ1) is 13.2. The number of hydrogen-bond acceptors (Lipinski definition) is 2. The van der Waals surface area contributed by atoms with Crippen molar-refractivity contribution in [3.8, 4) is 0 Å². The zero-order valence-electron chi connectivity index (χ0n) is 9.05. The maximum Gasteiger partial charge on any atom is 0.146 e. The average Bonchev–Trinajstić information content (AvgIpc) is 2.29. The summed E-state index contributed by atoms with van der Waals surface area (Å²) < 4.78 is 13.7. The summed E-state index contributed by atoms with van der Waals surface area (Å²) in [5.74, 6) is -0.397. The van der Waals surface area contributed by atoms with Crippen molar-refractivity contribution in [1.29, 1.82) is 0 Å². The van der Waals surface area contributed by atoms with Crippen LogP contribution in [0.25, 0.3) is 0 Å². The third-order valence-electron chi connectivity index (χ3n) is 2.33. The van der Waals surface area contributed by atoms with Crippen LogP contribution >= 0.6 is 11.6 Å². The lowest BCUT2D eigenvalue weighted by Gasteiger charge is -2.17. The van der Waals surface area contributed by atoms with E-state index in [1.807, 2.05) is 0 Å². The smallest absolute Gasteiger partial charge is 0.146 e. The van der Waals surface area contributed by atoms with E-state index in [1.165, 1.54) is 6.07 Å². The van der Waals surface area contributed by atoms with Gasteiger partial charge in [0, 0.05) is 18.2 Å². The maximum atomic E-state index is 13.7. The summed E-state index contributed by atoms with van der Waals surface area (Å²) in [7, 11) is 0. The highest BCUT2D eigenvalue weighted by atomic mass is 35.5. The van der Waals surface area contributed by atoms with Crippen molar-refractivity contribution in [2.45, 2.75) is 12.5 Å². The Morgan fingerprint density at radius 2 is 2.31 bits per heavy atom. The van der Waals surface area contributed by atoms with Crippen molar-refractivity contribution < 1.29 is 4.39 Å². The minimum Gasteiger partial charge on any atom is -0.329 e. The third kappa shape index (κ3) is 3.30. The molecule has 16 heavy (non-hydrogen) atoms. The Hall–Kier alpha value is -0.900. The SMILES string of the molecule is C=CCCNC(CN)c1cccc(Cl)c1F. The molecule has 88 valence electrons. The quantitative estimate of drug-likeness (QED) is 0.595. The van der Waals surface area contributed by atoms with Crippen LogP contribution in [0, 0.1) is 5.82 Å². The van der Waals surface area contributed by atoms with E-state index in [4.69, 9.17) is 17.3 Å². The van der Waals surface area contributed by atoms with Crippen molar-refractivity contribution >= 4 is 11.6 Å². The summed E-state index contributed by atoms with van der Waals surface area (Å²) >= 11 is 5.72. The molecule has 4 heteroatoms. The van der Waals surface area contributed by atoms with E-state index < -0.39 is 5.82 Å². The van der Waals surface area contributed by atoms with Gasteiger partial charge in [0.15, 0.2) is 0 Å². The largest absolute Gasteiger partial charge is 0.329 e. The highest BCUT2D eigenvalue weighted by Crippen LogP contribution is 2.22. The minimum absolute atomic E-state index is 0.126. The first-order valence-corrected chi connectivity index (χ1v) is 5.56. The van der Waals surface area contributed by atoms with E-state index in [1.54, 1.807) is 18.2 Å². The molecule has 0 aliphatic carbocycles. The molecule has 0 bridgehead atoms. The van der Waals surface area contributed by atoms with Gasteiger partial charge in [0.25, 0.3) is 0 Å². The molecular weight excluding hydrogens is 227 g/mol. The van der Waals surface area contributed by atoms with Crippen molar-refractivity contribution in [1.82, 2.24) is 5.32 Å². The first-order chi connectivity index (χ1) is 7.70. The van der Waals surface area contributed by atoms with Gasteiger partial charge in [0.05, 0.1) is 5.02 Å². The van der Waals surface area contributed by atoms with E-state index in [0.717, 1.165) is 13.0 Å². The number of halogens is 2. The lowest BCUT2D eigenvalue weighted by atomic mass is 10.1. The molecule has 0 saturated carbocycles. The van der Waals surface area contributed by atoms with Crippen molar-refractivity contribution in [3.05, 3.63) is 47.3 Å². The molecule has 3 N–H and O–H groups in total. The van der Waals surface area contributed by atoms with Crippen molar-refractivity contribution in [2.75, 3.05) is 13.1 Å². The summed E-state index contributed by atoms with van der Waals surface area (Å²) in [6.07, 6.45) is 2.62. The van der Waals surface area contributed by atoms with Gasteiger partial charge in [-0.25, -0.2) is 4.39 Å². The van der Waals surface area contributed by atoms with Gasteiger partial charge in [-0.1, -0.05) is 29.8 Å². The molecule has 1 aromatic rings. The van der Waals surface area contributed by atoms with Gasteiger partial charge < -0.3 is 11.1 Å². The molecule has 0 amide bonds. The van der Waals surface area contributed by atoms with Gasteiger partial charge in [-0.05, 0) is 19.0 Å². The first-order valence-electron chi connectivity index (χ1n) is 5.19. The third-order valence-corrected chi connectivity index (χ3v) is 2.62. The number of rotatable bonds is 6. The Morgan fingerprint density at radius 1 is 1.56 bits per heavy atom. The molecule has 0 aliphatic rings. The highest BCUT2D eigenvalue weighted by molar-refractivity contribution is 6.30. The number of hydrogen-bond donors (Lipinski definition) is 2. The van der Waals surface area contributed by atoms with E-state index in [2.05, 4.69) is 11.9 Å². The maximum absolute atomic E-state index is 13.7. The van der Waals surface area contributed by atoms with Gasteiger partial charge in [-0.15, -0.1) is 6.58 Å². The normalized spacial score (nSPS) is 12.4. The van der Waals surface area contributed by atoms with Crippen molar-refractivity contribution in [3.63, 3.8) is 0 Å². The molecule has 0 aromatic heterocycles. The van der Waals surface area contributed by atoms with Crippen LogP contribution in [0.1, 0.15) is 18.0 Å². The second-order valence-electron chi connectivity index (χ2n) is 3.46. The molecule has 0 heterocycles. The fraction of sp³-hybridized carbons (Fsp3) is 0.333. The van der Waals surface area contributed by atoms with Gasteiger partial charge in [-0.2, -0.15) is 0 Å². The summed E-state index contributed by atoms with van der Waals surface area (Å²) in [6.45, 7) is 4.67. The molecule has 1 unspecified atom stereocenters. The topological polar surface area (TPSA) is 38.0 Å². The zero-order chi connectivity index (χ0) is 12.0. The Balaban J connectivity index is 2.78. The predicted octanol–water partition coefficient (Wildman–Crippen LogP) is 2.64. The molecule has 0 spiro atoms. The van der Waals surface area contributed by atoms with Crippen LogP contribution in [0.2, 0.25) is 5.02 Å². The molecule has 0 fully saturated rings. The van der Waals surface area contributed by atoms with Crippen LogP contribution < -0.4 is 11.1 Å². The summed E-state index contributed by atoms with van der Waals surface area (Å²) in [4.78, 5) is 0. The second-order valence-corrected chi connectivity index (χ2v) is 3.87. The number of benzene rings is 1. The van der Waals surface area contributed by atoms with Crippen molar-refractivity contribution in [2.24, 2.45) is 5.73 Å². The molecule has 2 nitrogen and oxygen atoms in total. The van der Waals surface area contributed by atoms with Gasteiger partial charge in [-0.3, -0.25) is 0 Å². The molecule has 1 rings (SSSR count). The standard InChI is InChI=1S/C12H16ClFN2/c1-2-3-7-16-11(8-15)9-5-4-6-10(13)12(9)14/h2,4-6,11,16H,1,3,7-8,15H2.